The predicted octanol–water partition coefficient (Wildman–Crippen LogP) is -0.674. The average molecular weight is 236 g/mol. The van der Waals surface area contributed by atoms with E-state index in [1.165, 1.54) is 0 Å². The largest absolute Gasteiger partial charge is 0.465 e. The first-order valence-electron chi connectivity index (χ1n) is 5.31. The van der Waals surface area contributed by atoms with Gasteiger partial charge in [-0.2, -0.15) is 0 Å². The first-order chi connectivity index (χ1) is 7.81. The standard InChI is InChI=1S/C10H20O6/c11-3-6-14-4-1-2-5-15-7-10(13)8-16-9-12/h9-11,13H,1-8H2. The molecule has 1 unspecified atom stereocenters. The first-order valence-corrected chi connectivity index (χ1v) is 5.31. The fourth-order valence-electron chi connectivity index (χ4n) is 0.993. The maximum absolute atomic E-state index is 9.80. The van der Waals surface area contributed by atoms with Gasteiger partial charge in [0.25, 0.3) is 6.47 Å². The van der Waals surface area contributed by atoms with Gasteiger partial charge in [-0.05, 0) is 12.8 Å². The summed E-state index contributed by atoms with van der Waals surface area (Å²) in [6, 6.07) is 0. The van der Waals surface area contributed by atoms with Crippen molar-refractivity contribution in [1.29, 1.82) is 0 Å². The highest BCUT2D eigenvalue weighted by molar-refractivity contribution is 5.36. The van der Waals surface area contributed by atoms with Crippen molar-refractivity contribution in [3.05, 3.63) is 0 Å². The van der Waals surface area contributed by atoms with Crippen molar-refractivity contribution < 1.29 is 29.2 Å². The molecule has 0 amide bonds. The molecule has 1 atom stereocenters. The van der Waals surface area contributed by atoms with Crippen molar-refractivity contribution in [1.82, 2.24) is 0 Å². The molecule has 0 aliphatic carbocycles. The Balaban J connectivity index is 3.05. The zero-order chi connectivity index (χ0) is 12.1. The van der Waals surface area contributed by atoms with Gasteiger partial charge in [0.2, 0.25) is 0 Å². The zero-order valence-corrected chi connectivity index (χ0v) is 9.34. The lowest BCUT2D eigenvalue weighted by Crippen LogP contribution is -2.21. The van der Waals surface area contributed by atoms with E-state index in [0.29, 0.717) is 26.3 Å². The third-order valence-electron chi connectivity index (χ3n) is 1.73. The van der Waals surface area contributed by atoms with Gasteiger partial charge in [-0.25, -0.2) is 0 Å². The molecule has 0 heterocycles. The van der Waals surface area contributed by atoms with Crippen molar-refractivity contribution in [2.45, 2.75) is 18.9 Å². The summed E-state index contributed by atoms with van der Waals surface area (Å²) in [5.41, 5.74) is 0. The molecule has 0 aliphatic heterocycles. The molecule has 6 nitrogen and oxygen atoms in total. The summed E-state index contributed by atoms with van der Waals surface area (Å²) in [6.45, 7) is 1.94. The molecule has 0 aromatic rings. The molecule has 0 radical (unpaired) electrons. The van der Waals surface area contributed by atoms with Crippen molar-refractivity contribution in [2.75, 3.05) is 39.6 Å². The smallest absolute Gasteiger partial charge is 0.293 e. The van der Waals surface area contributed by atoms with Crippen LogP contribution in [-0.2, 0) is 19.0 Å². The zero-order valence-electron chi connectivity index (χ0n) is 9.34. The molecule has 0 spiro atoms. The quantitative estimate of drug-likeness (QED) is 0.345. The van der Waals surface area contributed by atoms with E-state index in [2.05, 4.69) is 4.74 Å². The molecule has 0 fully saturated rings. The van der Waals surface area contributed by atoms with E-state index in [9.17, 15) is 9.90 Å². The Kier molecular flexibility index (Phi) is 11.8. The van der Waals surface area contributed by atoms with Crippen LogP contribution in [0.4, 0.5) is 0 Å². The Morgan fingerprint density at radius 3 is 2.38 bits per heavy atom. The molecule has 2 N–H and O–H groups in total. The van der Waals surface area contributed by atoms with Crippen LogP contribution in [0.5, 0.6) is 0 Å². The second kappa shape index (κ2) is 12.4. The number of hydrogen-bond donors (Lipinski definition) is 2. The van der Waals surface area contributed by atoms with Crippen molar-refractivity contribution in [3.63, 3.8) is 0 Å². The molecule has 16 heavy (non-hydrogen) atoms. The van der Waals surface area contributed by atoms with Gasteiger partial charge in [-0.15, -0.1) is 0 Å². The Labute approximate surface area is 95.1 Å². The summed E-state index contributed by atoms with van der Waals surface area (Å²) in [7, 11) is 0. The lowest BCUT2D eigenvalue weighted by Gasteiger charge is -2.09. The third kappa shape index (κ3) is 11.4. The van der Waals surface area contributed by atoms with Crippen LogP contribution in [0.25, 0.3) is 0 Å². The van der Waals surface area contributed by atoms with Crippen LogP contribution in [0.2, 0.25) is 0 Å². The van der Waals surface area contributed by atoms with Gasteiger partial charge in [-0.1, -0.05) is 0 Å². The minimum atomic E-state index is -0.768. The van der Waals surface area contributed by atoms with Crippen LogP contribution >= 0.6 is 0 Å². The van der Waals surface area contributed by atoms with E-state index in [4.69, 9.17) is 14.6 Å². The molecule has 0 aromatic heterocycles. The van der Waals surface area contributed by atoms with E-state index in [0.717, 1.165) is 12.8 Å². The van der Waals surface area contributed by atoms with Crippen molar-refractivity contribution in [2.24, 2.45) is 0 Å². The number of hydrogen-bond acceptors (Lipinski definition) is 6. The van der Waals surface area contributed by atoms with Crippen LogP contribution < -0.4 is 0 Å². The summed E-state index contributed by atoms with van der Waals surface area (Å²) in [6.07, 6.45) is 0.906. The van der Waals surface area contributed by atoms with Gasteiger partial charge in [0.05, 0.1) is 19.8 Å². The third-order valence-corrected chi connectivity index (χ3v) is 1.73. The number of aliphatic hydroxyl groups excluding tert-OH is 2. The number of unbranched alkanes of at least 4 members (excludes halogenated alkanes) is 1. The topological polar surface area (TPSA) is 85.2 Å². The Bertz CT molecular complexity index is 152. The van der Waals surface area contributed by atoms with Gasteiger partial charge in [0, 0.05) is 13.2 Å². The van der Waals surface area contributed by atoms with Crippen LogP contribution in [0.3, 0.4) is 0 Å². The summed E-state index contributed by atoms with van der Waals surface area (Å²) in [4.78, 5) is 9.80. The van der Waals surface area contributed by atoms with E-state index in [1.54, 1.807) is 0 Å². The highest BCUT2D eigenvalue weighted by Crippen LogP contribution is 1.93. The van der Waals surface area contributed by atoms with E-state index in [1.807, 2.05) is 0 Å². The van der Waals surface area contributed by atoms with E-state index >= 15 is 0 Å². The predicted molar refractivity (Wildman–Crippen MR) is 56.0 cm³/mol. The maximum Gasteiger partial charge on any atom is 0.293 e. The van der Waals surface area contributed by atoms with Gasteiger partial charge in [-0.3, -0.25) is 4.79 Å². The van der Waals surface area contributed by atoms with Gasteiger partial charge in [0.1, 0.15) is 12.7 Å². The number of carbonyl (C=O) groups is 1. The van der Waals surface area contributed by atoms with Crippen molar-refractivity contribution in [3.8, 4) is 0 Å². The minimum Gasteiger partial charge on any atom is -0.465 e. The summed E-state index contributed by atoms with van der Waals surface area (Å²) < 4.78 is 14.6. The van der Waals surface area contributed by atoms with Gasteiger partial charge >= 0.3 is 0 Å². The average Bonchev–Trinajstić information content (AvgIpc) is 2.30. The Hall–Kier alpha value is -0.690. The molecule has 6 heteroatoms. The fraction of sp³-hybridized carbons (Fsp3) is 0.900. The second-order valence-corrected chi connectivity index (χ2v) is 3.20. The maximum atomic E-state index is 9.80. The van der Waals surface area contributed by atoms with Gasteiger partial charge in [0.15, 0.2) is 0 Å². The van der Waals surface area contributed by atoms with Crippen LogP contribution in [-0.4, -0.2) is 62.4 Å². The normalized spacial score (nSPS) is 12.4. The monoisotopic (exact) mass is 236 g/mol. The molecule has 0 saturated carbocycles. The fourth-order valence-corrected chi connectivity index (χ4v) is 0.993. The molecule has 0 rings (SSSR count). The molecule has 0 aliphatic rings. The highest BCUT2D eigenvalue weighted by Gasteiger charge is 2.03. The first kappa shape index (κ1) is 15.3. The molecule has 96 valence electrons. The minimum absolute atomic E-state index is 0.0386. The van der Waals surface area contributed by atoms with E-state index < -0.39 is 6.10 Å². The summed E-state index contributed by atoms with van der Waals surface area (Å²) >= 11 is 0. The Morgan fingerprint density at radius 1 is 1.06 bits per heavy atom. The number of rotatable bonds is 12. The molecular formula is C10H20O6. The SMILES string of the molecule is O=COCC(O)COCCCCOCCO. The van der Waals surface area contributed by atoms with Crippen LogP contribution in [0.1, 0.15) is 12.8 Å². The van der Waals surface area contributed by atoms with Crippen LogP contribution in [0, 0.1) is 0 Å². The second-order valence-electron chi connectivity index (χ2n) is 3.20. The van der Waals surface area contributed by atoms with Gasteiger partial charge < -0.3 is 24.4 Å². The number of aliphatic hydroxyl groups is 2. The summed E-state index contributed by atoms with van der Waals surface area (Å²) in [5, 5.41) is 17.6. The molecule has 0 saturated heterocycles. The summed E-state index contributed by atoms with van der Waals surface area (Å²) in [5.74, 6) is 0. The van der Waals surface area contributed by atoms with Crippen LogP contribution in [0.15, 0.2) is 0 Å². The number of carbonyl (C=O) groups excluding carboxylic acids is 1. The number of ether oxygens (including phenoxy) is 3. The lowest BCUT2D eigenvalue weighted by molar-refractivity contribution is -0.132. The molecular weight excluding hydrogens is 216 g/mol. The lowest BCUT2D eigenvalue weighted by atomic mass is 10.3. The Morgan fingerprint density at radius 2 is 1.75 bits per heavy atom. The van der Waals surface area contributed by atoms with E-state index in [-0.39, 0.29) is 19.8 Å². The molecule has 0 bridgehead atoms. The molecule has 0 aromatic carbocycles. The van der Waals surface area contributed by atoms with Crippen molar-refractivity contribution >= 4 is 6.47 Å². The highest BCUT2D eigenvalue weighted by atomic mass is 16.5.